The van der Waals surface area contributed by atoms with E-state index in [0.717, 1.165) is 35.8 Å². The number of ether oxygens (including phenoxy) is 1. The minimum atomic E-state index is -0.724. The van der Waals surface area contributed by atoms with E-state index in [-0.39, 0.29) is 5.92 Å². The van der Waals surface area contributed by atoms with Crippen LogP contribution in [-0.2, 0) is 24.2 Å². The van der Waals surface area contributed by atoms with E-state index >= 15 is 0 Å². The summed E-state index contributed by atoms with van der Waals surface area (Å²) in [7, 11) is 1.65. The number of carboxylic acid groups (broad SMARTS) is 1. The molecule has 0 aliphatic carbocycles. The fraction of sp³-hybridized carbons (Fsp3) is 0.375. The third kappa shape index (κ3) is 2.91. The maximum atomic E-state index is 11.1. The molecular weight excluding hydrogens is 268 g/mol. The second kappa shape index (κ2) is 5.60. The third-order valence-electron chi connectivity index (χ3n) is 3.93. The summed E-state index contributed by atoms with van der Waals surface area (Å²) in [6.45, 7) is 0.734. The molecule has 0 radical (unpaired) electrons. The number of benzene rings is 1. The molecule has 1 aliphatic heterocycles. The first-order chi connectivity index (χ1) is 10.2. The monoisotopic (exact) mass is 286 g/mol. The van der Waals surface area contributed by atoms with Crippen LogP contribution in [0.25, 0.3) is 0 Å². The van der Waals surface area contributed by atoms with Gasteiger partial charge in [-0.1, -0.05) is 12.1 Å². The Morgan fingerprint density at radius 1 is 1.52 bits per heavy atom. The van der Waals surface area contributed by atoms with Crippen LogP contribution >= 0.6 is 0 Å². The number of hydrogen-bond acceptors (Lipinski definition) is 3. The number of aryl methyl sites for hydroxylation is 1. The second-order valence-electron chi connectivity index (χ2n) is 5.40. The summed E-state index contributed by atoms with van der Waals surface area (Å²) in [4.78, 5) is 15.7. The molecule has 21 heavy (non-hydrogen) atoms. The minimum absolute atomic E-state index is 0.301. The summed E-state index contributed by atoms with van der Waals surface area (Å²) < 4.78 is 7.30. The van der Waals surface area contributed by atoms with Crippen molar-refractivity contribution in [3.05, 3.63) is 47.5 Å². The molecular formula is C16H18N2O3. The van der Waals surface area contributed by atoms with Crippen molar-refractivity contribution in [2.45, 2.75) is 25.8 Å². The SMILES string of the molecule is COc1cccc(Cc2cn3c(n2)CC(C(=O)O)CC3)c1. The number of aliphatic carboxylic acids is 1. The molecule has 0 bridgehead atoms. The van der Waals surface area contributed by atoms with Gasteiger partial charge >= 0.3 is 5.97 Å². The van der Waals surface area contributed by atoms with Crippen LogP contribution in [0.4, 0.5) is 0 Å². The van der Waals surface area contributed by atoms with Crippen molar-refractivity contribution in [3.8, 4) is 5.75 Å². The van der Waals surface area contributed by atoms with Crippen molar-refractivity contribution in [3.63, 3.8) is 0 Å². The Morgan fingerprint density at radius 3 is 3.14 bits per heavy atom. The van der Waals surface area contributed by atoms with Crippen LogP contribution in [0.5, 0.6) is 5.75 Å². The molecule has 1 aromatic carbocycles. The number of fused-ring (bicyclic) bond motifs is 1. The molecule has 0 saturated carbocycles. The highest BCUT2D eigenvalue weighted by atomic mass is 16.5. The smallest absolute Gasteiger partial charge is 0.307 e. The molecule has 0 fully saturated rings. The van der Waals surface area contributed by atoms with Crippen LogP contribution in [0.15, 0.2) is 30.5 Å². The van der Waals surface area contributed by atoms with E-state index in [2.05, 4.69) is 9.55 Å². The zero-order valence-electron chi connectivity index (χ0n) is 12.0. The zero-order valence-corrected chi connectivity index (χ0v) is 12.0. The van der Waals surface area contributed by atoms with E-state index in [1.807, 2.05) is 30.5 Å². The molecule has 1 aromatic heterocycles. The molecule has 110 valence electrons. The number of carbonyl (C=O) groups is 1. The topological polar surface area (TPSA) is 64.4 Å². The molecule has 3 rings (SSSR count). The van der Waals surface area contributed by atoms with Crippen molar-refractivity contribution in [1.29, 1.82) is 0 Å². The van der Waals surface area contributed by atoms with Gasteiger partial charge in [-0.25, -0.2) is 4.98 Å². The quantitative estimate of drug-likeness (QED) is 0.935. The van der Waals surface area contributed by atoms with Gasteiger partial charge in [0.05, 0.1) is 18.7 Å². The predicted molar refractivity (Wildman–Crippen MR) is 77.5 cm³/mol. The largest absolute Gasteiger partial charge is 0.497 e. The van der Waals surface area contributed by atoms with Crippen LogP contribution in [0.3, 0.4) is 0 Å². The molecule has 1 N–H and O–H groups in total. The molecule has 5 heteroatoms. The van der Waals surface area contributed by atoms with Gasteiger partial charge < -0.3 is 14.4 Å². The number of rotatable bonds is 4. The maximum Gasteiger partial charge on any atom is 0.307 e. The molecule has 2 heterocycles. The number of hydrogen-bond donors (Lipinski definition) is 1. The Labute approximate surface area is 123 Å². The van der Waals surface area contributed by atoms with E-state index in [4.69, 9.17) is 9.84 Å². The highest BCUT2D eigenvalue weighted by Gasteiger charge is 2.25. The molecule has 5 nitrogen and oxygen atoms in total. The Balaban J connectivity index is 1.77. The number of aromatic nitrogens is 2. The van der Waals surface area contributed by atoms with Gasteiger partial charge in [0.15, 0.2) is 0 Å². The number of carboxylic acids is 1. The summed E-state index contributed by atoms with van der Waals surface area (Å²) in [5.74, 6) is 0.692. The molecule has 0 amide bonds. The number of nitrogens with zero attached hydrogens (tertiary/aromatic N) is 2. The Hall–Kier alpha value is -2.30. The van der Waals surface area contributed by atoms with Gasteiger partial charge in [-0.05, 0) is 24.1 Å². The van der Waals surface area contributed by atoms with Crippen molar-refractivity contribution in [1.82, 2.24) is 9.55 Å². The van der Waals surface area contributed by atoms with Crippen LogP contribution in [-0.4, -0.2) is 27.7 Å². The number of imidazole rings is 1. The van der Waals surface area contributed by atoms with Crippen molar-refractivity contribution in [2.24, 2.45) is 5.92 Å². The summed E-state index contributed by atoms with van der Waals surface area (Å²) in [6, 6.07) is 7.92. The Bertz CT molecular complexity index is 663. The van der Waals surface area contributed by atoms with E-state index in [9.17, 15) is 4.79 Å². The average Bonchev–Trinajstić information content (AvgIpc) is 2.88. The lowest BCUT2D eigenvalue weighted by atomic mass is 9.98. The average molecular weight is 286 g/mol. The van der Waals surface area contributed by atoms with Gasteiger partial charge in [-0.3, -0.25) is 4.79 Å². The van der Waals surface area contributed by atoms with Gasteiger partial charge in [0.2, 0.25) is 0 Å². The van der Waals surface area contributed by atoms with Crippen LogP contribution in [0.1, 0.15) is 23.5 Å². The molecule has 2 aromatic rings. The lowest BCUT2D eigenvalue weighted by Gasteiger charge is -2.19. The predicted octanol–water partition coefficient (Wildman–Crippen LogP) is 2.13. The summed E-state index contributed by atoms with van der Waals surface area (Å²) in [5, 5.41) is 9.11. The fourth-order valence-electron chi connectivity index (χ4n) is 2.77. The third-order valence-corrected chi connectivity index (χ3v) is 3.93. The van der Waals surface area contributed by atoms with Gasteiger partial charge in [0.25, 0.3) is 0 Å². The van der Waals surface area contributed by atoms with E-state index in [0.29, 0.717) is 12.8 Å². The standard InChI is InChI=1S/C16H18N2O3/c1-21-14-4-2-3-11(8-14)7-13-10-18-6-5-12(16(19)20)9-15(18)17-13/h2-4,8,10,12H,5-7,9H2,1H3,(H,19,20). The van der Waals surface area contributed by atoms with Crippen LogP contribution in [0.2, 0.25) is 0 Å². The van der Waals surface area contributed by atoms with Gasteiger partial charge in [0, 0.05) is 25.6 Å². The van der Waals surface area contributed by atoms with E-state index < -0.39 is 5.97 Å². The first-order valence-electron chi connectivity index (χ1n) is 7.06. The molecule has 1 atom stereocenters. The molecule has 0 spiro atoms. The summed E-state index contributed by atoms with van der Waals surface area (Å²) in [5.41, 5.74) is 2.11. The van der Waals surface area contributed by atoms with Crippen LogP contribution in [0, 0.1) is 5.92 Å². The highest BCUT2D eigenvalue weighted by molar-refractivity contribution is 5.70. The Kier molecular flexibility index (Phi) is 3.64. The van der Waals surface area contributed by atoms with Gasteiger partial charge in [0.1, 0.15) is 11.6 Å². The molecule has 1 aliphatic rings. The fourth-order valence-corrected chi connectivity index (χ4v) is 2.77. The first-order valence-corrected chi connectivity index (χ1v) is 7.06. The molecule has 1 unspecified atom stereocenters. The maximum absolute atomic E-state index is 11.1. The second-order valence-corrected chi connectivity index (χ2v) is 5.40. The lowest BCUT2D eigenvalue weighted by molar-refractivity contribution is -0.142. The zero-order chi connectivity index (χ0) is 14.8. The first kappa shape index (κ1) is 13.7. The molecule has 0 saturated heterocycles. The van der Waals surface area contributed by atoms with Crippen molar-refractivity contribution in [2.75, 3.05) is 7.11 Å². The van der Waals surface area contributed by atoms with E-state index in [1.54, 1.807) is 7.11 Å². The highest BCUT2D eigenvalue weighted by Crippen LogP contribution is 2.22. The van der Waals surface area contributed by atoms with Crippen LogP contribution < -0.4 is 4.74 Å². The van der Waals surface area contributed by atoms with E-state index in [1.165, 1.54) is 0 Å². The summed E-state index contributed by atoms with van der Waals surface area (Å²) in [6.07, 6.45) is 3.96. The van der Waals surface area contributed by atoms with Crippen molar-refractivity contribution < 1.29 is 14.6 Å². The van der Waals surface area contributed by atoms with Crippen molar-refractivity contribution >= 4 is 5.97 Å². The number of methoxy groups -OCH3 is 1. The lowest BCUT2D eigenvalue weighted by Crippen LogP contribution is -2.25. The summed E-state index contributed by atoms with van der Waals surface area (Å²) >= 11 is 0. The normalized spacial score (nSPS) is 17.3. The van der Waals surface area contributed by atoms with Gasteiger partial charge in [-0.2, -0.15) is 0 Å². The Morgan fingerprint density at radius 2 is 2.38 bits per heavy atom. The minimum Gasteiger partial charge on any atom is -0.497 e. The van der Waals surface area contributed by atoms with Gasteiger partial charge in [-0.15, -0.1) is 0 Å².